The van der Waals surface area contributed by atoms with Gasteiger partial charge >= 0.3 is 6.09 Å². The summed E-state index contributed by atoms with van der Waals surface area (Å²) in [4.78, 5) is 11.6. The minimum absolute atomic E-state index is 0.0311. The number of alkyl carbamates (subject to hydrolysis) is 1. The average molecular weight is 285 g/mol. The number of ether oxygens (including phenoxy) is 1. The predicted octanol–water partition coefficient (Wildman–Crippen LogP) is 2.46. The van der Waals surface area contributed by atoms with Crippen molar-refractivity contribution in [2.45, 2.75) is 43.9 Å². The van der Waals surface area contributed by atoms with Gasteiger partial charge in [-0.3, -0.25) is 0 Å². The normalized spacial score (nSPS) is 24.9. The van der Waals surface area contributed by atoms with Crippen molar-refractivity contribution < 1.29 is 23.4 Å². The molecule has 1 aromatic rings. The Balaban J connectivity index is 1.81. The molecule has 1 aliphatic rings. The molecule has 1 amide bonds. The van der Waals surface area contributed by atoms with Gasteiger partial charge in [-0.1, -0.05) is 30.3 Å². The zero-order chi connectivity index (χ0) is 14.6. The van der Waals surface area contributed by atoms with Gasteiger partial charge in [-0.2, -0.15) is 0 Å². The van der Waals surface area contributed by atoms with E-state index in [0.29, 0.717) is 0 Å². The summed E-state index contributed by atoms with van der Waals surface area (Å²) in [5.74, 6) is -2.85. The second-order valence-electron chi connectivity index (χ2n) is 4.98. The molecule has 0 heterocycles. The molecule has 6 heteroatoms. The molecule has 1 aromatic carbocycles. The largest absolute Gasteiger partial charge is 0.445 e. The minimum Gasteiger partial charge on any atom is -0.445 e. The van der Waals surface area contributed by atoms with Crippen molar-refractivity contribution in [2.75, 3.05) is 0 Å². The smallest absolute Gasteiger partial charge is 0.407 e. The van der Waals surface area contributed by atoms with E-state index in [4.69, 9.17) is 4.74 Å². The van der Waals surface area contributed by atoms with E-state index in [1.54, 1.807) is 12.1 Å². The van der Waals surface area contributed by atoms with Crippen molar-refractivity contribution >= 4 is 6.09 Å². The highest BCUT2D eigenvalue weighted by molar-refractivity contribution is 5.67. The Morgan fingerprint density at radius 1 is 1.40 bits per heavy atom. The third-order valence-corrected chi connectivity index (χ3v) is 3.30. The van der Waals surface area contributed by atoms with Crippen LogP contribution in [0.5, 0.6) is 0 Å². The number of nitrogens with one attached hydrogen (secondary N) is 1. The highest BCUT2D eigenvalue weighted by atomic mass is 19.3. The van der Waals surface area contributed by atoms with Crippen LogP contribution in [0, 0.1) is 0 Å². The lowest BCUT2D eigenvalue weighted by Crippen LogP contribution is -2.50. The van der Waals surface area contributed by atoms with Gasteiger partial charge in [-0.05, 0) is 12.0 Å². The second kappa shape index (κ2) is 6.17. The van der Waals surface area contributed by atoms with Crippen molar-refractivity contribution in [3.8, 4) is 0 Å². The first kappa shape index (κ1) is 14.7. The molecule has 2 rings (SSSR count). The molecule has 1 fully saturated rings. The zero-order valence-electron chi connectivity index (χ0n) is 10.9. The lowest BCUT2D eigenvalue weighted by atomic mass is 9.89. The Morgan fingerprint density at radius 3 is 2.80 bits per heavy atom. The van der Waals surface area contributed by atoms with Gasteiger partial charge in [0, 0.05) is 12.8 Å². The van der Waals surface area contributed by atoms with E-state index >= 15 is 0 Å². The summed E-state index contributed by atoms with van der Waals surface area (Å²) < 4.78 is 31.4. The van der Waals surface area contributed by atoms with Crippen LogP contribution in [0.25, 0.3) is 0 Å². The lowest BCUT2D eigenvalue weighted by Gasteiger charge is -2.33. The standard InChI is InChI=1S/C14H17F2NO3/c15-14(16)7-6-12(18)11(8-14)17-13(19)20-9-10-4-2-1-3-5-10/h1-5,11-12,18H,6-9H2,(H,17,19)/t11-,12-/m0/s1. The van der Waals surface area contributed by atoms with Crippen LogP contribution in [-0.4, -0.2) is 29.3 Å². The Kier molecular flexibility index (Phi) is 4.54. The van der Waals surface area contributed by atoms with Crippen LogP contribution in [0.2, 0.25) is 0 Å². The van der Waals surface area contributed by atoms with Gasteiger partial charge < -0.3 is 15.2 Å². The Bertz CT molecular complexity index is 453. The molecule has 0 unspecified atom stereocenters. The highest BCUT2D eigenvalue weighted by Crippen LogP contribution is 2.33. The van der Waals surface area contributed by atoms with Crippen LogP contribution in [0.1, 0.15) is 24.8 Å². The SMILES string of the molecule is O=C(N[C@H]1CC(F)(F)CC[C@@H]1O)OCc1ccccc1. The van der Waals surface area contributed by atoms with Gasteiger partial charge in [0.25, 0.3) is 0 Å². The van der Waals surface area contributed by atoms with Crippen LogP contribution in [0.3, 0.4) is 0 Å². The Labute approximate surface area is 115 Å². The predicted molar refractivity (Wildman–Crippen MR) is 68.4 cm³/mol. The molecule has 0 aliphatic heterocycles. The number of hydrogen-bond donors (Lipinski definition) is 2. The van der Waals surface area contributed by atoms with E-state index in [9.17, 15) is 18.7 Å². The molecule has 0 radical (unpaired) electrons. The third-order valence-electron chi connectivity index (χ3n) is 3.30. The molecule has 4 nitrogen and oxygen atoms in total. The number of carbonyl (C=O) groups is 1. The number of halogens is 2. The van der Waals surface area contributed by atoms with Crippen LogP contribution in [-0.2, 0) is 11.3 Å². The first-order chi connectivity index (χ1) is 9.46. The summed E-state index contributed by atoms with van der Waals surface area (Å²) in [6, 6.07) is 8.06. The Morgan fingerprint density at radius 2 is 2.10 bits per heavy atom. The molecular formula is C14H17F2NO3. The molecule has 2 N–H and O–H groups in total. The van der Waals surface area contributed by atoms with Crippen molar-refractivity contribution in [3.63, 3.8) is 0 Å². The average Bonchev–Trinajstić information content (AvgIpc) is 2.42. The maximum Gasteiger partial charge on any atom is 0.407 e. The van der Waals surface area contributed by atoms with Crippen molar-refractivity contribution in [2.24, 2.45) is 0 Å². The van der Waals surface area contributed by atoms with Crippen LogP contribution < -0.4 is 5.32 Å². The minimum atomic E-state index is -2.85. The molecule has 0 spiro atoms. The van der Waals surface area contributed by atoms with Crippen LogP contribution >= 0.6 is 0 Å². The molecule has 0 aromatic heterocycles. The van der Waals surface area contributed by atoms with E-state index in [2.05, 4.69) is 5.32 Å². The molecule has 1 aliphatic carbocycles. The maximum absolute atomic E-state index is 13.2. The maximum atomic E-state index is 13.2. The number of benzene rings is 1. The Hall–Kier alpha value is -1.69. The fraction of sp³-hybridized carbons (Fsp3) is 0.500. The van der Waals surface area contributed by atoms with Gasteiger partial charge in [0.1, 0.15) is 6.61 Å². The summed E-state index contributed by atoms with van der Waals surface area (Å²) in [5, 5.41) is 11.9. The third kappa shape index (κ3) is 4.16. The molecular weight excluding hydrogens is 268 g/mol. The number of carbonyl (C=O) groups excluding carboxylic acids is 1. The summed E-state index contributed by atoms with van der Waals surface area (Å²) in [7, 11) is 0. The van der Waals surface area contributed by atoms with Gasteiger partial charge in [-0.25, -0.2) is 13.6 Å². The monoisotopic (exact) mass is 285 g/mol. The number of aliphatic hydroxyl groups is 1. The van der Waals surface area contributed by atoms with E-state index in [1.165, 1.54) is 0 Å². The number of amides is 1. The first-order valence-electron chi connectivity index (χ1n) is 6.49. The highest BCUT2D eigenvalue weighted by Gasteiger charge is 2.41. The molecule has 110 valence electrons. The second-order valence-corrected chi connectivity index (χ2v) is 4.98. The number of hydrogen-bond acceptors (Lipinski definition) is 3. The van der Waals surface area contributed by atoms with Gasteiger partial charge in [-0.15, -0.1) is 0 Å². The first-order valence-corrected chi connectivity index (χ1v) is 6.49. The summed E-state index contributed by atoms with van der Waals surface area (Å²) in [6.07, 6.45) is -2.70. The van der Waals surface area contributed by atoms with Crippen molar-refractivity contribution in [1.29, 1.82) is 0 Å². The van der Waals surface area contributed by atoms with Gasteiger partial charge in [0.05, 0.1) is 12.1 Å². The number of rotatable bonds is 3. The molecule has 0 bridgehead atoms. The molecule has 0 saturated heterocycles. The van der Waals surface area contributed by atoms with E-state index in [0.717, 1.165) is 5.56 Å². The summed E-state index contributed by atoms with van der Waals surface area (Å²) >= 11 is 0. The molecule has 1 saturated carbocycles. The van der Waals surface area contributed by atoms with E-state index < -0.39 is 30.6 Å². The molecule has 2 atom stereocenters. The molecule has 20 heavy (non-hydrogen) atoms. The quantitative estimate of drug-likeness (QED) is 0.897. The van der Waals surface area contributed by atoms with Crippen LogP contribution in [0.4, 0.5) is 13.6 Å². The van der Waals surface area contributed by atoms with Crippen molar-refractivity contribution in [1.82, 2.24) is 5.32 Å². The fourth-order valence-corrected chi connectivity index (χ4v) is 2.18. The summed E-state index contributed by atoms with van der Waals surface area (Å²) in [5.41, 5.74) is 0.803. The van der Waals surface area contributed by atoms with Gasteiger partial charge in [0.2, 0.25) is 5.92 Å². The van der Waals surface area contributed by atoms with Gasteiger partial charge in [0.15, 0.2) is 0 Å². The van der Waals surface area contributed by atoms with Crippen LogP contribution in [0.15, 0.2) is 30.3 Å². The number of aliphatic hydroxyl groups excluding tert-OH is 1. The number of alkyl halides is 2. The van der Waals surface area contributed by atoms with E-state index in [-0.39, 0.29) is 19.4 Å². The van der Waals surface area contributed by atoms with E-state index in [1.807, 2.05) is 18.2 Å². The topological polar surface area (TPSA) is 58.6 Å². The zero-order valence-corrected chi connectivity index (χ0v) is 10.9. The summed E-state index contributed by atoms with van der Waals surface area (Å²) in [6.45, 7) is 0.0614. The fourth-order valence-electron chi connectivity index (χ4n) is 2.18. The van der Waals surface area contributed by atoms with Crippen molar-refractivity contribution in [3.05, 3.63) is 35.9 Å². The lowest BCUT2D eigenvalue weighted by molar-refractivity contribution is -0.0777.